The highest BCUT2D eigenvalue weighted by atomic mass is 16.8. The van der Waals surface area contributed by atoms with Crippen molar-refractivity contribution in [1.29, 1.82) is 0 Å². The van der Waals surface area contributed by atoms with E-state index in [4.69, 9.17) is 28.4 Å². The van der Waals surface area contributed by atoms with Crippen LogP contribution in [0.3, 0.4) is 0 Å². The molecule has 2 heterocycles. The number of hydrogen-bond acceptors (Lipinski definition) is 14. The maximum absolute atomic E-state index is 11.4. The Morgan fingerprint density at radius 3 is 1.94 bits per heavy atom. The predicted molar refractivity (Wildman–Crippen MR) is 172 cm³/mol. The summed E-state index contributed by atoms with van der Waals surface area (Å²) in [5, 5.41) is 61.9. The number of aliphatic hydroxyl groups excluding tert-OH is 6. The number of unbranched alkanes of at least 4 members (excludes halogenated alkanes) is 9. The summed E-state index contributed by atoms with van der Waals surface area (Å²) in [5.74, 6) is -0.708. The van der Waals surface area contributed by atoms with Gasteiger partial charge in [-0.1, -0.05) is 50.7 Å². The van der Waals surface area contributed by atoms with Gasteiger partial charge in [0.1, 0.15) is 55.4 Å². The van der Waals surface area contributed by atoms with Crippen molar-refractivity contribution < 1.29 is 68.6 Å². The van der Waals surface area contributed by atoms with Crippen LogP contribution < -0.4 is 0 Å². The molecule has 0 saturated carbocycles. The molecule has 2 fully saturated rings. The van der Waals surface area contributed by atoms with Gasteiger partial charge < -0.3 is 59.1 Å². The highest BCUT2D eigenvalue weighted by molar-refractivity contribution is 5.69. The van der Waals surface area contributed by atoms with Crippen molar-refractivity contribution in [3.05, 3.63) is 12.2 Å². The van der Waals surface area contributed by atoms with Crippen LogP contribution in [-0.4, -0.2) is 130 Å². The van der Waals surface area contributed by atoms with Gasteiger partial charge in [0, 0.05) is 13.3 Å². The number of hydrogen-bond donors (Lipinski definition) is 6. The summed E-state index contributed by atoms with van der Waals surface area (Å²) in [6.07, 6.45) is 1.84. The first kappa shape index (κ1) is 42.4. The average molecular weight is 693 g/mol. The van der Waals surface area contributed by atoms with Crippen molar-refractivity contribution in [3.8, 4) is 0 Å². The minimum atomic E-state index is -1.74. The van der Waals surface area contributed by atoms with Gasteiger partial charge in [0.25, 0.3) is 0 Å². The van der Waals surface area contributed by atoms with Crippen LogP contribution in [0.15, 0.2) is 12.2 Å². The minimum absolute atomic E-state index is 0.108. The van der Waals surface area contributed by atoms with Crippen molar-refractivity contribution in [2.24, 2.45) is 0 Å². The number of aliphatic hydroxyl groups is 6. The van der Waals surface area contributed by atoms with E-state index in [2.05, 4.69) is 12.2 Å². The van der Waals surface area contributed by atoms with Crippen LogP contribution in [0.4, 0.5) is 0 Å². The van der Waals surface area contributed by atoms with Crippen LogP contribution >= 0.6 is 0 Å². The van der Waals surface area contributed by atoms with E-state index in [1.165, 1.54) is 6.92 Å². The van der Waals surface area contributed by atoms with Crippen molar-refractivity contribution in [1.82, 2.24) is 0 Å². The number of allylic oxidation sites excluding steroid dienone is 2. The van der Waals surface area contributed by atoms with E-state index in [0.29, 0.717) is 19.4 Å². The molecule has 1 unspecified atom stereocenters. The van der Waals surface area contributed by atoms with Gasteiger partial charge in [0.05, 0.1) is 19.3 Å². The fourth-order valence-corrected chi connectivity index (χ4v) is 5.71. The predicted octanol–water partition coefficient (Wildman–Crippen LogP) is 1.78. The van der Waals surface area contributed by atoms with Gasteiger partial charge in [0.15, 0.2) is 12.6 Å². The van der Waals surface area contributed by atoms with E-state index in [9.17, 15) is 40.2 Å². The Morgan fingerprint density at radius 2 is 1.31 bits per heavy atom. The molecule has 6 N–H and O–H groups in total. The van der Waals surface area contributed by atoms with Crippen LogP contribution in [0.25, 0.3) is 0 Å². The zero-order chi connectivity index (χ0) is 35.5. The quantitative estimate of drug-likeness (QED) is 0.0512. The molecule has 14 heteroatoms. The molecule has 0 amide bonds. The molecule has 2 saturated heterocycles. The lowest BCUT2D eigenvalue weighted by Gasteiger charge is -2.46. The van der Waals surface area contributed by atoms with Crippen molar-refractivity contribution in [2.75, 3.05) is 19.8 Å². The molecule has 2 aliphatic heterocycles. The molecule has 0 spiro atoms. The summed E-state index contributed by atoms with van der Waals surface area (Å²) in [6, 6.07) is 0. The van der Waals surface area contributed by atoms with Crippen LogP contribution in [-0.2, 0) is 38.0 Å². The number of ether oxygens (including phenoxy) is 6. The van der Waals surface area contributed by atoms with Gasteiger partial charge in [-0.25, -0.2) is 0 Å². The summed E-state index contributed by atoms with van der Waals surface area (Å²) in [4.78, 5) is 22.7. The number of carbonyl (C=O) groups is 2. The van der Waals surface area contributed by atoms with Gasteiger partial charge in [-0.2, -0.15) is 0 Å². The van der Waals surface area contributed by atoms with Crippen molar-refractivity contribution >= 4 is 11.9 Å². The van der Waals surface area contributed by atoms with Crippen LogP contribution in [0.1, 0.15) is 104 Å². The van der Waals surface area contributed by atoms with E-state index in [1.807, 2.05) is 13.8 Å². The van der Waals surface area contributed by atoms with Crippen LogP contribution in [0.2, 0.25) is 0 Å². The molecule has 2 aliphatic rings. The van der Waals surface area contributed by atoms with E-state index < -0.39 is 74.0 Å². The van der Waals surface area contributed by atoms with Crippen LogP contribution in [0, 0.1) is 0 Å². The Labute approximate surface area is 284 Å². The molecule has 0 aliphatic carbocycles. The second-order valence-corrected chi connectivity index (χ2v) is 12.6. The third kappa shape index (κ3) is 15.0. The molecule has 2 rings (SSSR count). The van der Waals surface area contributed by atoms with Crippen LogP contribution in [0.5, 0.6) is 0 Å². The SMILES string of the molecule is CCOC(=O)CCCCCCC/C=C\CCCCCCC(C)O[C@@H]1O[C@H](COC(C)=O)[C@@H](O)[C@H](O)[C@H]1O[C@@H]1O[C@H](CO)[C@@H](O)[C@H](O)[C@H]1O. The molecule has 0 aromatic heterocycles. The molecule has 0 aromatic carbocycles. The third-order valence-corrected chi connectivity index (χ3v) is 8.56. The summed E-state index contributed by atoms with van der Waals surface area (Å²) < 4.78 is 33.0. The molecule has 0 bridgehead atoms. The zero-order valence-electron chi connectivity index (χ0n) is 28.8. The van der Waals surface area contributed by atoms with Crippen molar-refractivity contribution in [3.63, 3.8) is 0 Å². The largest absolute Gasteiger partial charge is 0.466 e. The number of carbonyl (C=O) groups excluding carboxylic acids is 2. The van der Waals surface area contributed by atoms with Gasteiger partial charge in [-0.3, -0.25) is 9.59 Å². The highest BCUT2D eigenvalue weighted by Crippen LogP contribution is 2.31. The Hall–Kier alpha value is -1.72. The molecular formula is C34H60O14. The van der Waals surface area contributed by atoms with E-state index in [1.54, 1.807) is 0 Å². The highest BCUT2D eigenvalue weighted by Gasteiger charge is 2.51. The summed E-state index contributed by atoms with van der Waals surface area (Å²) >= 11 is 0. The Morgan fingerprint density at radius 1 is 0.729 bits per heavy atom. The second kappa shape index (κ2) is 23.6. The van der Waals surface area contributed by atoms with Gasteiger partial charge in [-0.05, 0) is 52.4 Å². The lowest BCUT2D eigenvalue weighted by Crippen LogP contribution is -2.65. The summed E-state index contributed by atoms with van der Waals surface area (Å²) in [7, 11) is 0. The topological polar surface area (TPSA) is 211 Å². The monoisotopic (exact) mass is 692 g/mol. The molecule has 280 valence electrons. The van der Waals surface area contributed by atoms with Gasteiger partial charge in [0.2, 0.25) is 0 Å². The Balaban J connectivity index is 1.74. The van der Waals surface area contributed by atoms with Crippen molar-refractivity contribution in [2.45, 2.75) is 172 Å². The van der Waals surface area contributed by atoms with Gasteiger partial charge >= 0.3 is 11.9 Å². The summed E-state index contributed by atoms with van der Waals surface area (Å²) in [5.41, 5.74) is 0. The Bertz CT molecular complexity index is 916. The molecule has 11 atom stereocenters. The minimum Gasteiger partial charge on any atom is -0.466 e. The lowest BCUT2D eigenvalue weighted by atomic mass is 9.97. The fourth-order valence-electron chi connectivity index (χ4n) is 5.71. The van der Waals surface area contributed by atoms with E-state index in [-0.39, 0.29) is 18.7 Å². The smallest absolute Gasteiger partial charge is 0.305 e. The third-order valence-electron chi connectivity index (χ3n) is 8.56. The number of rotatable bonds is 23. The maximum Gasteiger partial charge on any atom is 0.305 e. The molecule has 0 radical (unpaired) electrons. The first-order chi connectivity index (χ1) is 23.0. The lowest BCUT2D eigenvalue weighted by molar-refractivity contribution is -0.371. The van der Waals surface area contributed by atoms with Gasteiger partial charge in [-0.15, -0.1) is 0 Å². The van der Waals surface area contributed by atoms with E-state index in [0.717, 1.165) is 70.6 Å². The van der Waals surface area contributed by atoms with E-state index >= 15 is 0 Å². The zero-order valence-corrected chi connectivity index (χ0v) is 28.8. The molecule has 48 heavy (non-hydrogen) atoms. The molecular weight excluding hydrogens is 632 g/mol. The second-order valence-electron chi connectivity index (χ2n) is 12.6. The average Bonchev–Trinajstić information content (AvgIpc) is 3.05. The maximum atomic E-state index is 11.4. The molecule has 14 nitrogen and oxygen atoms in total. The Kier molecular flexibility index (Phi) is 20.9. The fraction of sp³-hybridized carbons (Fsp3) is 0.882. The molecule has 0 aromatic rings. The first-order valence-corrected chi connectivity index (χ1v) is 17.6. The normalized spacial score (nSPS) is 31.5. The number of esters is 2. The standard InChI is InChI=1S/C34H60O14/c1-4-43-26(37)19-17-15-13-11-9-7-5-6-8-10-12-14-16-18-22(2)45-34-32(30(41)28(39)25(47-34)21-44-23(3)36)48-33-31(42)29(40)27(38)24(20-35)46-33/h5-6,22,24-25,27-35,38-42H,4,7-21H2,1-3H3/b6-5-/t22?,24-,25-,27-,28-,29+,30+,31-,32-,33+,34-/m1/s1. The summed E-state index contributed by atoms with van der Waals surface area (Å²) in [6.45, 7) is 4.27. The first-order valence-electron chi connectivity index (χ1n) is 17.6.